The van der Waals surface area contributed by atoms with Gasteiger partial charge in [0, 0.05) is 32.5 Å². The minimum absolute atomic E-state index is 0.410. The van der Waals surface area contributed by atoms with Crippen LogP contribution in [-0.4, -0.2) is 36.9 Å². The van der Waals surface area contributed by atoms with Gasteiger partial charge in [0.2, 0.25) is 0 Å². The van der Waals surface area contributed by atoms with Gasteiger partial charge in [-0.1, -0.05) is 12.1 Å². The fourth-order valence-electron chi connectivity index (χ4n) is 2.50. The molecule has 3 nitrogen and oxygen atoms in total. The van der Waals surface area contributed by atoms with Crippen molar-refractivity contribution in [1.29, 1.82) is 0 Å². The van der Waals surface area contributed by atoms with Gasteiger partial charge in [-0.05, 0) is 37.5 Å². The number of Topliss-reactive ketones (excluding diaryl/α,β-unsaturated/α-hetero) is 1. The number of ketones is 1. The number of likely N-dealkylation sites (tertiary alicyclic amines) is 1. The Kier molecular flexibility index (Phi) is 4.97. The lowest BCUT2D eigenvalue weighted by molar-refractivity contribution is -0.121. The van der Waals surface area contributed by atoms with E-state index >= 15 is 0 Å². The molecule has 0 atom stereocenters. The van der Waals surface area contributed by atoms with Gasteiger partial charge >= 0.3 is 0 Å². The third-order valence-electron chi connectivity index (χ3n) is 3.67. The lowest BCUT2D eigenvalue weighted by Crippen LogP contribution is -2.35. The molecule has 1 aromatic carbocycles. The summed E-state index contributed by atoms with van der Waals surface area (Å²) >= 11 is 0. The Morgan fingerprint density at radius 3 is 2.63 bits per heavy atom. The summed E-state index contributed by atoms with van der Waals surface area (Å²) in [5.74, 6) is 1.39. The predicted molar refractivity (Wildman–Crippen MR) is 76.7 cm³/mol. The van der Waals surface area contributed by atoms with E-state index in [-0.39, 0.29) is 0 Å². The molecule has 1 heterocycles. The second kappa shape index (κ2) is 6.71. The molecule has 1 aliphatic heterocycles. The molecule has 19 heavy (non-hydrogen) atoms. The van der Waals surface area contributed by atoms with E-state index in [1.54, 1.807) is 0 Å². The van der Waals surface area contributed by atoms with Gasteiger partial charge in [0.05, 0.1) is 6.61 Å². The van der Waals surface area contributed by atoms with Gasteiger partial charge in [-0.15, -0.1) is 0 Å². The van der Waals surface area contributed by atoms with Gasteiger partial charge in [0.15, 0.2) is 0 Å². The molecule has 0 spiro atoms. The SMILES string of the molecule is CCOc1ccc(CCN2CCC(=O)CC2)cc1C. The number of carbonyl (C=O) groups excluding carboxylic acids is 1. The molecular weight excluding hydrogens is 238 g/mol. The summed E-state index contributed by atoms with van der Waals surface area (Å²) < 4.78 is 5.55. The number of aryl methyl sites for hydroxylation is 1. The molecule has 1 aliphatic rings. The fraction of sp³-hybridized carbons (Fsp3) is 0.562. The van der Waals surface area contributed by atoms with Crippen LogP contribution < -0.4 is 4.74 Å². The van der Waals surface area contributed by atoms with Crippen molar-refractivity contribution in [2.24, 2.45) is 0 Å². The van der Waals surface area contributed by atoms with E-state index in [4.69, 9.17) is 4.74 Å². The Hall–Kier alpha value is -1.35. The molecule has 0 bridgehead atoms. The van der Waals surface area contributed by atoms with E-state index < -0.39 is 0 Å². The van der Waals surface area contributed by atoms with Crippen molar-refractivity contribution < 1.29 is 9.53 Å². The van der Waals surface area contributed by atoms with Crippen molar-refractivity contribution in [3.05, 3.63) is 29.3 Å². The summed E-state index contributed by atoms with van der Waals surface area (Å²) in [6.07, 6.45) is 2.49. The van der Waals surface area contributed by atoms with Crippen molar-refractivity contribution in [2.75, 3.05) is 26.2 Å². The minimum Gasteiger partial charge on any atom is -0.494 e. The third-order valence-corrected chi connectivity index (χ3v) is 3.67. The Morgan fingerprint density at radius 1 is 1.26 bits per heavy atom. The number of nitrogens with zero attached hydrogens (tertiary/aromatic N) is 1. The molecule has 1 fully saturated rings. The summed E-state index contributed by atoms with van der Waals surface area (Å²) in [7, 11) is 0. The van der Waals surface area contributed by atoms with Gasteiger partial charge in [-0.2, -0.15) is 0 Å². The molecule has 1 aromatic rings. The van der Waals surface area contributed by atoms with Gasteiger partial charge in [-0.3, -0.25) is 4.79 Å². The maximum absolute atomic E-state index is 11.2. The molecular formula is C16H23NO2. The van der Waals surface area contributed by atoms with Crippen molar-refractivity contribution >= 4 is 5.78 Å². The van der Waals surface area contributed by atoms with E-state index in [0.717, 1.165) is 44.6 Å². The molecule has 0 N–H and O–H groups in total. The van der Waals surface area contributed by atoms with E-state index in [0.29, 0.717) is 12.4 Å². The first-order chi connectivity index (χ1) is 9.19. The third kappa shape index (κ3) is 4.06. The molecule has 0 aliphatic carbocycles. The Morgan fingerprint density at radius 2 is 2.00 bits per heavy atom. The maximum Gasteiger partial charge on any atom is 0.135 e. The van der Waals surface area contributed by atoms with Gasteiger partial charge in [-0.25, -0.2) is 0 Å². The van der Waals surface area contributed by atoms with Crippen molar-refractivity contribution in [1.82, 2.24) is 4.90 Å². The first-order valence-corrected chi connectivity index (χ1v) is 7.15. The Labute approximate surface area is 115 Å². The quantitative estimate of drug-likeness (QED) is 0.816. The van der Waals surface area contributed by atoms with Gasteiger partial charge < -0.3 is 9.64 Å². The number of benzene rings is 1. The maximum atomic E-state index is 11.2. The predicted octanol–water partition coefficient (Wildman–Crippen LogP) is 2.60. The number of hydrogen-bond acceptors (Lipinski definition) is 3. The van der Waals surface area contributed by atoms with Crippen LogP contribution in [0.15, 0.2) is 18.2 Å². The highest BCUT2D eigenvalue weighted by molar-refractivity contribution is 5.79. The van der Waals surface area contributed by atoms with Crippen LogP contribution in [-0.2, 0) is 11.2 Å². The van der Waals surface area contributed by atoms with E-state index in [9.17, 15) is 4.79 Å². The van der Waals surface area contributed by atoms with Gasteiger partial charge in [0.25, 0.3) is 0 Å². The average molecular weight is 261 g/mol. The second-order valence-corrected chi connectivity index (χ2v) is 5.16. The van der Waals surface area contributed by atoms with Crippen LogP contribution in [0.2, 0.25) is 0 Å². The van der Waals surface area contributed by atoms with Crippen LogP contribution in [0.1, 0.15) is 30.9 Å². The number of ether oxygens (including phenoxy) is 1. The highest BCUT2D eigenvalue weighted by Crippen LogP contribution is 2.19. The zero-order chi connectivity index (χ0) is 13.7. The molecule has 2 rings (SSSR count). The molecule has 1 saturated heterocycles. The summed E-state index contributed by atoms with van der Waals surface area (Å²) in [4.78, 5) is 13.6. The summed E-state index contributed by atoms with van der Waals surface area (Å²) in [6, 6.07) is 6.42. The number of rotatable bonds is 5. The molecule has 0 unspecified atom stereocenters. The topological polar surface area (TPSA) is 29.5 Å². The first kappa shape index (κ1) is 14.1. The molecule has 0 amide bonds. The second-order valence-electron chi connectivity index (χ2n) is 5.16. The molecule has 0 aromatic heterocycles. The van der Waals surface area contributed by atoms with E-state index in [1.165, 1.54) is 11.1 Å². The summed E-state index contributed by atoms with van der Waals surface area (Å²) in [5, 5.41) is 0. The largest absolute Gasteiger partial charge is 0.494 e. The van der Waals surface area contributed by atoms with Crippen LogP contribution in [0.25, 0.3) is 0 Å². The van der Waals surface area contributed by atoms with Crippen LogP contribution >= 0.6 is 0 Å². The average Bonchev–Trinajstić information content (AvgIpc) is 2.41. The molecule has 0 saturated carbocycles. The van der Waals surface area contributed by atoms with Crippen molar-refractivity contribution in [2.45, 2.75) is 33.1 Å². The van der Waals surface area contributed by atoms with Crippen LogP contribution in [0.5, 0.6) is 5.75 Å². The van der Waals surface area contributed by atoms with Crippen LogP contribution in [0.4, 0.5) is 0 Å². The van der Waals surface area contributed by atoms with Crippen LogP contribution in [0.3, 0.4) is 0 Å². The molecule has 3 heteroatoms. The van der Waals surface area contributed by atoms with Gasteiger partial charge in [0.1, 0.15) is 11.5 Å². The highest BCUT2D eigenvalue weighted by Gasteiger charge is 2.15. The zero-order valence-electron chi connectivity index (χ0n) is 11.9. The minimum atomic E-state index is 0.410. The van der Waals surface area contributed by atoms with Crippen LogP contribution in [0, 0.1) is 6.92 Å². The number of piperidine rings is 1. The molecule has 104 valence electrons. The van der Waals surface area contributed by atoms with Crippen molar-refractivity contribution in [3.63, 3.8) is 0 Å². The van der Waals surface area contributed by atoms with E-state index in [2.05, 4.69) is 30.0 Å². The molecule has 0 radical (unpaired) electrons. The fourth-order valence-corrected chi connectivity index (χ4v) is 2.50. The van der Waals surface area contributed by atoms with E-state index in [1.807, 2.05) is 6.92 Å². The normalized spacial score (nSPS) is 16.6. The number of hydrogen-bond donors (Lipinski definition) is 0. The smallest absolute Gasteiger partial charge is 0.135 e. The monoisotopic (exact) mass is 261 g/mol. The highest BCUT2D eigenvalue weighted by atomic mass is 16.5. The zero-order valence-corrected chi connectivity index (χ0v) is 11.9. The first-order valence-electron chi connectivity index (χ1n) is 7.15. The lowest BCUT2D eigenvalue weighted by atomic mass is 10.1. The lowest BCUT2D eigenvalue weighted by Gasteiger charge is -2.25. The number of carbonyl (C=O) groups is 1. The summed E-state index contributed by atoms with van der Waals surface area (Å²) in [5.41, 5.74) is 2.55. The van der Waals surface area contributed by atoms with Crippen molar-refractivity contribution in [3.8, 4) is 5.75 Å². The summed E-state index contributed by atoms with van der Waals surface area (Å²) in [6.45, 7) is 7.70. The Balaban J connectivity index is 1.86. The standard InChI is InChI=1S/C16H23NO2/c1-3-19-16-5-4-14(12-13(16)2)6-9-17-10-7-15(18)8-11-17/h4-5,12H,3,6-11H2,1-2H3. The Bertz CT molecular complexity index is 432.